The zero-order valence-corrected chi connectivity index (χ0v) is 23.8. The summed E-state index contributed by atoms with van der Waals surface area (Å²) in [5.41, 5.74) is 4.58. The Hall–Kier alpha value is -4.33. The van der Waals surface area contributed by atoms with Crippen LogP contribution in [-0.2, 0) is 34.8 Å². The molecule has 0 aliphatic heterocycles. The van der Waals surface area contributed by atoms with Gasteiger partial charge in [0.25, 0.3) is 0 Å². The highest BCUT2D eigenvalue weighted by Crippen LogP contribution is 2.43. The van der Waals surface area contributed by atoms with E-state index in [-0.39, 0.29) is 24.5 Å². The molecule has 0 spiro atoms. The van der Waals surface area contributed by atoms with E-state index in [2.05, 4.69) is 9.47 Å². The second-order valence-corrected chi connectivity index (χ2v) is 11.0. The van der Waals surface area contributed by atoms with Crippen LogP contribution in [0.25, 0.3) is 0 Å². The lowest BCUT2D eigenvalue weighted by atomic mass is 9.97. The number of hydrogen-bond donors (Lipinski definition) is 3. The number of phenolic OH excluding ortho intramolecular Hbond substituents is 1. The Morgan fingerprint density at radius 1 is 0.878 bits per heavy atom. The van der Waals surface area contributed by atoms with Gasteiger partial charge in [-0.2, -0.15) is 0 Å². The van der Waals surface area contributed by atoms with E-state index in [1.165, 1.54) is 39.3 Å². The third-order valence-corrected chi connectivity index (χ3v) is 7.07. The van der Waals surface area contributed by atoms with Gasteiger partial charge in [0.15, 0.2) is 13.2 Å². The molecular weight excluding hydrogens is 556 g/mol. The van der Waals surface area contributed by atoms with Gasteiger partial charge in [0.05, 0.1) is 32.2 Å². The molecule has 3 rings (SSSR count). The lowest BCUT2D eigenvalue weighted by Gasteiger charge is -2.34. The van der Waals surface area contributed by atoms with E-state index in [0.717, 1.165) is 10.6 Å². The molecular formula is C28H32N2O10S. The van der Waals surface area contributed by atoms with Crippen LogP contribution in [0.15, 0.2) is 66.7 Å². The minimum atomic E-state index is -4.10. The largest absolute Gasteiger partial charge is 0.505 e. The molecule has 0 fully saturated rings. The molecule has 0 aliphatic rings. The van der Waals surface area contributed by atoms with Crippen molar-refractivity contribution in [2.75, 3.05) is 38.0 Å². The molecule has 220 valence electrons. The molecule has 3 aromatic rings. The molecule has 0 aliphatic carbocycles. The van der Waals surface area contributed by atoms with Gasteiger partial charge in [-0.3, -0.25) is 10.0 Å². The van der Waals surface area contributed by atoms with Crippen molar-refractivity contribution in [2.24, 2.45) is 5.73 Å². The van der Waals surface area contributed by atoms with Crippen molar-refractivity contribution < 1.29 is 47.2 Å². The predicted octanol–water partition coefficient (Wildman–Crippen LogP) is 2.18. The number of aliphatic hydroxyl groups is 1. The van der Waals surface area contributed by atoms with Crippen LogP contribution in [0.1, 0.15) is 29.7 Å². The first-order chi connectivity index (χ1) is 19.3. The lowest BCUT2D eigenvalue weighted by molar-refractivity contribution is -0.143. The Balaban J connectivity index is 2.15. The highest BCUT2D eigenvalue weighted by atomic mass is 32.2. The molecule has 0 saturated carbocycles. The van der Waals surface area contributed by atoms with Crippen LogP contribution in [-0.4, -0.2) is 64.3 Å². The second kappa shape index (κ2) is 12.9. The molecule has 1 unspecified atom stereocenters. The molecule has 0 amide bonds. The molecule has 0 bridgehead atoms. The second-order valence-electron chi connectivity index (χ2n) is 9.15. The van der Waals surface area contributed by atoms with Crippen molar-refractivity contribution in [3.63, 3.8) is 0 Å². The highest BCUT2D eigenvalue weighted by molar-refractivity contribution is 7.92. The molecule has 0 saturated heterocycles. The maximum Gasteiger partial charge on any atom is 0.343 e. The van der Waals surface area contributed by atoms with Crippen molar-refractivity contribution in [3.8, 4) is 17.2 Å². The lowest BCUT2D eigenvalue weighted by Crippen LogP contribution is -2.36. The summed E-state index contributed by atoms with van der Waals surface area (Å²) in [6.45, 7) is 0.622. The number of anilines is 1. The molecule has 0 radical (unpaired) electrons. The number of rotatable bonds is 12. The van der Waals surface area contributed by atoms with Gasteiger partial charge in [-0.15, -0.1) is 0 Å². The number of methoxy groups -OCH3 is 2. The van der Waals surface area contributed by atoms with E-state index in [0.29, 0.717) is 22.6 Å². The first-order valence-electron chi connectivity index (χ1n) is 12.2. The average molecular weight is 589 g/mol. The van der Waals surface area contributed by atoms with Gasteiger partial charge >= 0.3 is 11.9 Å². The molecule has 4 N–H and O–H groups in total. The predicted molar refractivity (Wildman–Crippen MR) is 149 cm³/mol. The zero-order valence-electron chi connectivity index (χ0n) is 22.9. The molecule has 0 aromatic heterocycles. The number of sulfonamides is 1. The molecule has 0 heterocycles. The van der Waals surface area contributed by atoms with Crippen LogP contribution in [0.4, 0.5) is 5.69 Å². The first kappa shape index (κ1) is 31.2. The van der Waals surface area contributed by atoms with E-state index in [4.69, 9.17) is 15.2 Å². The van der Waals surface area contributed by atoms with E-state index in [9.17, 15) is 28.2 Å². The smallest absolute Gasteiger partial charge is 0.343 e. The Morgan fingerprint density at radius 3 is 1.68 bits per heavy atom. The number of para-hydroxylation sites is 1. The van der Waals surface area contributed by atoms with E-state index in [1.807, 2.05) is 0 Å². The summed E-state index contributed by atoms with van der Waals surface area (Å²) in [6, 6.07) is 15.9. The van der Waals surface area contributed by atoms with Crippen LogP contribution in [0.3, 0.4) is 0 Å². The van der Waals surface area contributed by atoms with E-state index >= 15 is 0 Å². The highest BCUT2D eigenvalue weighted by Gasteiger charge is 2.34. The summed E-state index contributed by atoms with van der Waals surface area (Å²) in [6.07, 6.45) is 0.981. The van der Waals surface area contributed by atoms with Crippen LogP contribution >= 0.6 is 0 Å². The van der Waals surface area contributed by atoms with E-state index < -0.39 is 39.5 Å². The summed E-state index contributed by atoms with van der Waals surface area (Å²) in [5, 5.41) is 21.5. The van der Waals surface area contributed by atoms with Crippen molar-refractivity contribution in [3.05, 3.63) is 83.4 Å². The fraction of sp³-hybridized carbons (Fsp3) is 0.286. The molecule has 1 atom stereocenters. The monoisotopic (exact) mass is 588 g/mol. The quantitative estimate of drug-likeness (QED) is 0.209. The van der Waals surface area contributed by atoms with E-state index in [1.54, 1.807) is 48.5 Å². The third-order valence-electron chi connectivity index (χ3n) is 5.95. The Kier molecular flexibility index (Phi) is 9.81. The number of hydrogen-bond acceptors (Lipinski definition) is 11. The van der Waals surface area contributed by atoms with Crippen LogP contribution in [0.5, 0.6) is 17.2 Å². The van der Waals surface area contributed by atoms with Crippen LogP contribution in [0, 0.1) is 0 Å². The number of phenols is 1. The van der Waals surface area contributed by atoms with Gasteiger partial charge in [0, 0.05) is 5.56 Å². The standard InChI is InChI=1S/C28H32N2O10S/c1-28(29,34)22-6-5-7-23(27(22)33)30(41(4,35)36)26(18-8-12-20(13-9-18)39-16-24(31)37-2)19-10-14-21(15-11-19)40-17-25(32)38-3/h5-15,26,33-34H,16-17,29H2,1-4H3. The van der Waals surface area contributed by atoms with Gasteiger partial charge in [0.1, 0.15) is 23.0 Å². The van der Waals surface area contributed by atoms with Crippen molar-refractivity contribution in [1.82, 2.24) is 0 Å². The average Bonchev–Trinajstić information content (AvgIpc) is 2.93. The van der Waals surface area contributed by atoms with Crippen molar-refractivity contribution in [1.29, 1.82) is 0 Å². The van der Waals surface area contributed by atoms with Gasteiger partial charge in [-0.05, 0) is 48.4 Å². The maximum absolute atomic E-state index is 13.4. The van der Waals surface area contributed by atoms with Crippen molar-refractivity contribution in [2.45, 2.75) is 18.7 Å². The Labute approximate surface area is 237 Å². The van der Waals surface area contributed by atoms with Gasteiger partial charge in [-0.25, -0.2) is 18.0 Å². The number of ether oxygens (including phenoxy) is 4. The summed E-state index contributed by atoms with van der Waals surface area (Å²) < 4.78 is 47.7. The SMILES string of the molecule is COC(=O)COc1ccc(C(c2ccc(OCC(=O)OC)cc2)N(c2cccc(C(C)(N)O)c2O)S(C)(=O)=O)cc1. The molecule has 13 heteroatoms. The zero-order chi connectivity index (χ0) is 30.4. The number of benzene rings is 3. The maximum atomic E-state index is 13.4. The van der Waals surface area contributed by atoms with Crippen LogP contribution in [0.2, 0.25) is 0 Å². The fourth-order valence-corrected chi connectivity index (χ4v) is 5.12. The number of nitrogens with two attached hydrogens (primary N) is 1. The fourth-order valence-electron chi connectivity index (χ4n) is 3.99. The first-order valence-corrected chi connectivity index (χ1v) is 14.0. The van der Waals surface area contributed by atoms with Crippen LogP contribution < -0.4 is 19.5 Å². The number of esters is 2. The van der Waals surface area contributed by atoms with Gasteiger partial charge in [-0.1, -0.05) is 36.4 Å². The summed E-state index contributed by atoms with van der Waals surface area (Å²) in [5.74, 6) is -1.00. The number of carbonyl (C=O) groups is 2. The molecule has 3 aromatic carbocycles. The Morgan fingerprint density at radius 2 is 1.32 bits per heavy atom. The summed E-state index contributed by atoms with van der Waals surface area (Å²) in [4.78, 5) is 22.9. The molecule has 12 nitrogen and oxygen atoms in total. The van der Waals surface area contributed by atoms with Gasteiger partial charge < -0.3 is 29.2 Å². The summed E-state index contributed by atoms with van der Waals surface area (Å²) >= 11 is 0. The Bertz CT molecular complexity index is 1400. The normalized spacial score (nSPS) is 12.8. The number of aromatic hydroxyl groups is 1. The number of carbonyl (C=O) groups excluding carboxylic acids is 2. The van der Waals surface area contributed by atoms with Crippen molar-refractivity contribution >= 4 is 27.6 Å². The van der Waals surface area contributed by atoms with Gasteiger partial charge in [0.2, 0.25) is 10.0 Å². The minimum Gasteiger partial charge on any atom is -0.505 e. The topological polar surface area (TPSA) is 175 Å². The number of nitrogens with zero attached hydrogens (tertiary/aromatic N) is 1. The summed E-state index contributed by atoms with van der Waals surface area (Å²) in [7, 11) is -1.63. The third kappa shape index (κ3) is 7.87. The molecule has 41 heavy (non-hydrogen) atoms. The minimum absolute atomic E-state index is 0.0829.